The molecule has 4 nitrogen and oxygen atoms in total. The first-order valence-corrected chi connectivity index (χ1v) is 7.15. The van der Waals surface area contributed by atoms with Gasteiger partial charge in [0.15, 0.2) is 5.78 Å². The highest BCUT2D eigenvalue weighted by Gasteiger charge is 2.30. The molecule has 20 heavy (non-hydrogen) atoms. The van der Waals surface area contributed by atoms with E-state index in [0.717, 1.165) is 12.8 Å². The molecule has 0 radical (unpaired) electrons. The summed E-state index contributed by atoms with van der Waals surface area (Å²) >= 11 is 0. The summed E-state index contributed by atoms with van der Waals surface area (Å²) in [6.45, 7) is 4.51. The Hall–Kier alpha value is -1.84. The van der Waals surface area contributed by atoms with Gasteiger partial charge in [0, 0.05) is 30.5 Å². The minimum absolute atomic E-state index is 0.0160. The third-order valence-electron chi connectivity index (χ3n) is 3.96. The summed E-state index contributed by atoms with van der Waals surface area (Å²) in [5.74, 6) is 0.885. The molecule has 0 fully saturated rings. The van der Waals surface area contributed by atoms with Crippen molar-refractivity contribution in [2.24, 2.45) is 5.92 Å². The first-order chi connectivity index (χ1) is 9.62. The monoisotopic (exact) mass is 275 g/mol. The minimum atomic E-state index is 0.0160. The number of ketones is 1. The minimum Gasteiger partial charge on any atom is -0.497 e. The molecular formula is C16H21NO3. The smallest absolute Gasteiger partial charge is 0.230 e. The molecule has 0 bridgehead atoms. The van der Waals surface area contributed by atoms with Crippen molar-refractivity contribution in [3.8, 4) is 5.75 Å². The summed E-state index contributed by atoms with van der Waals surface area (Å²) in [6, 6.07) is 5.30. The maximum absolute atomic E-state index is 12.6. The van der Waals surface area contributed by atoms with Gasteiger partial charge in [-0.2, -0.15) is 0 Å². The number of carbonyl (C=O) groups is 2. The van der Waals surface area contributed by atoms with Crippen LogP contribution in [-0.2, 0) is 4.79 Å². The molecule has 1 heterocycles. The second-order valence-corrected chi connectivity index (χ2v) is 5.06. The number of anilines is 1. The highest BCUT2D eigenvalue weighted by atomic mass is 16.5. The Morgan fingerprint density at radius 1 is 1.35 bits per heavy atom. The standard InChI is InChI=1S/C16H21NO3/c1-4-11(5-2)16(19)17-9-8-15(18)13-7-6-12(20-3)10-14(13)17/h6-7,10-11H,4-5,8-9H2,1-3H3. The average Bonchev–Trinajstić information content (AvgIpc) is 2.48. The topological polar surface area (TPSA) is 46.6 Å². The largest absolute Gasteiger partial charge is 0.497 e. The lowest BCUT2D eigenvalue weighted by molar-refractivity contribution is -0.122. The number of benzene rings is 1. The van der Waals surface area contributed by atoms with Gasteiger partial charge in [-0.3, -0.25) is 9.59 Å². The van der Waals surface area contributed by atoms with Gasteiger partial charge in [0.1, 0.15) is 5.75 Å². The Morgan fingerprint density at radius 3 is 2.65 bits per heavy atom. The maximum Gasteiger partial charge on any atom is 0.230 e. The number of ether oxygens (including phenoxy) is 1. The first-order valence-electron chi connectivity index (χ1n) is 7.15. The number of carbonyl (C=O) groups excluding carboxylic acids is 2. The zero-order valence-corrected chi connectivity index (χ0v) is 12.3. The molecule has 0 saturated carbocycles. The number of nitrogens with zero attached hydrogens (tertiary/aromatic N) is 1. The SMILES string of the molecule is CCC(CC)C(=O)N1CCC(=O)c2ccc(OC)cc21. The molecule has 0 aliphatic carbocycles. The van der Waals surface area contributed by atoms with Crippen LogP contribution in [0.5, 0.6) is 5.75 Å². The second-order valence-electron chi connectivity index (χ2n) is 5.06. The second kappa shape index (κ2) is 6.07. The molecule has 0 N–H and O–H groups in total. The van der Waals surface area contributed by atoms with Gasteiger partial charge in [-0.25, -0.2) is 0 Å². The quantitative estimate of drug-likeness (QED) is 0.848. The summed E-state index contributed by atoms with van der Waals surface area (Å²) in [4.78, 5) is 26.3. The summed E-state index contributed by atoms with van der Waals surface area (Å²) in [5, 5.41) is 0. The lowest BCUT2D eigenvalue weighted by atomic mass is 9.96. The van der Waals surface area contributed by atoms with Gasteiger partial charge in [-0.15, -0.1) is 0 Å². The van der Waals surface area contributed by atoms with E-state index < -0.39 is 0 Å². The molecule has 0 saturated heterocycles. The Balaban J connectivity index is 2.41. The predicted octanol–water partition coefficient (Wildman–Crippen LogP) is 3.05. The van der Waals surface area contributed by atoms with Gasteiger partial charge in [0.25, 0.3) is 0 Å². The molecule has 2 rings (SSSR count). The van der Waals surface area contributed by atoms with E-state index in [1.54, 1.807) is 30.2 Å². The number of hydrogen-bond acceptors (Lipinski definition) is 3. The third kappa shape index (κ3) is 2.55. The number of Topliss-reactive ketones (excluding diaryl/α,β-unsaturated/α-hetero) is 1. The maximum atomic E-state index is 12.6. The van der Waals surface area contributed by atoms with Crippen LogP contribution in [0.1, 0.15) is 43.5 Å². The number of amides is 1. The Labute approximate surface area is 119 Å². The van der Waals surface area contributed by atoms with Gasteiger partial charge < -0.3 is 9.64 Å². The van der Waals surface area contributed by atoms with E-state index in [4.69, 9.17) is 4.74 Å². The predicted molar refractivity (Wildman–Crippen MR) is 78.4 cm³/mol. The van der Waals surface area contributed by atoms with Crippen LogP contribution >= 0.6 is 0 Å². The van der Waals surface area contributed by atoms with Crippen LogP contribution in [0.15, 0.2) is 18.2 Å². The molecule has 0 atom stereocenters. The van der Waals surface area contributed by atoms with Crippen molar-refractivity contribution in [1.29, 1.82) is 0 Å². The highest BCUT2D eigenvalue weighted by molar-refractivity contribution is 6.09. The van der Waals surface area contributed by atoms with Crippen molar-refractivity contribution in [1.82, 2.24) is 0 Å². The molecule has 1 aliphatic rings. The van der Waals surface area contributed by atoms with Crippen molar-refractivity contribution < 1.29 is 14.3 Å². The number of fused-ring (bicyclic) bond motifs is 1. The van der Waals surface area contributed by atoms with E-state index in [2.05, 4.69) is 0 Å². The molecule has 0 spiro atoms. The van der Waals surface area contributed by atoms with E-state index in [-0.39, 0.29) is 17.6 Å². The van der Waals surface area contributed by atoms with E-state index in [0.29, 0.717) is 30.0 Å². The zero-order valence-electron chi connectivity index (χ0n) is 12.3. The number of methoxy groups -OCH3 is 1. The molecule has 1 aliphatic heterocycles. The summed E-state index contributed by atoms with van der Waals surface area (Å²) in [5.41, 5.74) is 1.31. The fraction of sp³-hybridized carbons (Fsp3) is 0.500. The Kier molecular flexibility index (Phi) is 4.42. The molecular weight excluding hydrogens is 254 g/mol. The zero-order chi connectivity index (χ0) is 14.7. The lowest BCUT2D eigenvalue weighted by Crippen LogP contribution is -2.40. The van der Waals surface area contributed by atoms with Crippen LogP contribution < -0.4 is 9.64 Å². The normalized spacial score (nSPS) is 14.4. The van der Waals surface area contributed by atoms with E-state index in [9.17, 15) is 9.59 Å². The van der Waals surface area contributed by atoms with Crippen LogP contribution in [-0.4, -0.2) is 25.3 Å². The van der Waals surface area contributed by atoms with Crippen LogP contribution in [0, 0.1) is 5.92 Å². The van der Waals surface area contributed by atoms with Gasteiger partial charge in [-0.05, 0) is 25.0 Å². The summed E-state index contributed by atoms with van der Waals surface area (Å²) < 4.78 is 5.21. The molecule has 1 aromatic rings. The van der Waals surface area contributed by atoms with Gasteiger partial charge in [-0.1, -0.05) is 13.8 Å². The van der Waals surface area contributed by atoms with E-state index >= 15 is 0 Å². The molecule has 4 heteroatoms. The number of hydrogen-bond donors (Lipinski definition) is 0. The third-order valence-corrected chi connectivity index (χ3v) is 3.96. The molecule has 1 amide bonds. The Morgan fingerprint density at radius 2 is 2.05 bits per heavy atom. The number of rotatable bonds is 4. The van der Waals surface area contributed by atoms with E-state index in [1.807, 2.05) is 13.8 Å². The van der Waals surface area contributed by atoms with Crippen LogP contribution in [0.25, 0.3) is 0 Å². The van der Waals surface area contributed by atoms with Crippen molar-refractivity contribution in [3.63, 3.8) is 0 Å². The Bertz CT molecular complexity index is 520. The molecule has 0 aromatic heterocycles. The summed E-state index contributed by atoms with van der Waals surface area (Å²) in [7, 11) is 1.58. The fourth-order valence-electron chi connectivity index (χ4n) is 2.65. The summed E-state index contributed by atoms with van der Waals surface area (Å²) in [6.07, 6.45) is 2.03. The molecule has 108 valence electrons. The van der Waals surface area contributed by atoms with Gasteiger partial charge in [0.2, 0.25) is 5.91 Å². The molecule has 1 aromatic carbocycles. The van der Waals surface area contributed by atoms with Crippen molar-refractivity contribution in [2.45, 2.75) is 33.1 Å². The van der Waals surface area contributed by atoms with E-state index in [1.165, 1.54) is 0 Å². The van der Waals surface area contributed by atoms with Gasteiger partial charge >= 0.3 is 0 Å². The first kappa shape index (κ1) is 14.6. The van der Waals surface area contributed by atoms with Crippen LogP contribution in [0.2, 0.25) is 0 Å². The van der Waals surface area contributed by atoms with Crippen molar-refractivity contribution in [2.75, 3.05) is 18.6 Å². The van der Waals surface area contributed by atoms with Crippen LogP contribution in [0.3, 0.4) is 0 Å². The lowest BCUT2D eigenvalue weighted by Gasteiger charge is -2.31. The van der Waals surface area contributed by atoms with Crippen LogP contribution in [0.4, 0.5) is 5.69 Å². The highest BCUT2D eigenvalue weighted by Crippen LogP contribution is 2.32. The van der Waals surface area contributed by atoms with Crippen molar-refractivity contribution in [3.05, 3.63) is 23.8 Å². The fourth-order valence-corrected chi connectivity index (χ4v) is 2.65. The average molecular weight is 275 g/mol. The van der Waals surface area contributed by atoms with Crippen molar-refractivity contribution >= 4 is 17.4 Å². The van der Waals surface area contributed by atoms with Gasteiger partial charge in [0.05, 0.1) is 12.8 Å². The molecule has 0 unspecified atom stereocenters.